The monoisotopic (exact) mass is 274 g/mol. The first-order valence-electron chi connectivity index (χ1n) is 5.80. The number of nitrogens with one attached hydrogen (secondary N) is 2. The van der Waals surface area contributed by atoms with Gasteiger partial charge in [-0.15, -0.1) is 0 Å². The second-order valence-electron chi connectivity index (χ2n) is 3.89. The number of nitrogens with zero attached hydrogens (tertiary/aromatic N) is 1. The zero-order chi connectivity index (χ0) is 13.8. The maximum Gasteiger partial charge on any atom is 0.273 e. The summed E-state index contributed by atoms with van der Waals surface area (Å²) < 4.78 is 22.9. The van der Waals surface area contributed by atoms with Gasteiger partial charge >= 0.3 is 0 Å². The summed E-state index contributed by atoms with van der Waals surface area (Å²) in [6.07, 6.45) is 2.16. The van der Waals surface area contributed by atoms with Crippen molar-refractivity contribution >= 4 is 15.9 Å². The summed E-state index contributed by atoms with van der Waals surface area (Å²) >= 11 is 0. The number of hydrogen-bond acceptors (Lipinski definition) is 4. The van der Waals surface area contributed by atoms with Crippen molar-refractivity contribution in [1.82, 2.24) is 15.5 Å². The Balaban J connectivity index is 3.03. The third kappa shape index (κ3) is 3.30. The van der Waals surface area contributed by atoms with Crippen LogP contribution in [0.4, 0.5) is 0 Å². The van der Waals surface area contributed by atoms with Gasteiger partial charge in [0.25, 0.3) is 5.91 Å². The first-order valence-corrected chi connectivity index (χ1v) is 7.34. The maximum absolute atomic E-state index is 11.8. The van der Waals surface area contributed by atoms with Crippen molar-refractivity contribution in [2.24, 2.45) is 5.14 Å². The molecule has 0 radical (unpaired) electrons. The van der Waals surface area contributed by atoms with E-state index in [4.69, 9.17) is 5.14 Å². The Hall–Kier alpha value is -1.41. The number of primary sulfonamides is 1. The van der Waals surface area contributed by atoms with Crippen LogP contribution in [-0.4, -0.2) is 31.1 Å². The molecule has 0 aliphatic carbocycles. The second kappa shape index (κ2) is 5.96. The molecular formula is C10H18N4O3S. The van der Waals surface area contributed by atoms with Gasteiger partial charge in [-0.25, -0.2) is 13.6 Å². The molecule has 102 valence electrons. The van der Waals surface area contributed by atoms with Gasteiger partial charge in [0.1, 0.15) is 4.90 Å². The van der Waals surface area contributed by atoms with Crippen molar-refractivity contribution in [1.29, 1.82) is 0 Å². The Bertz CT molecular complexity index is 521. The average molecular weight is 274 g/mol. The molecule has 1 amide bonds. The molecule has 4 N–H and O–H groups in total. The second-order valence-corrected chi connectivity index (χ2v) is 5.39. The highest BCUT2D eigenvalue weighted by Crippen LogP contribution is 2.17. The summed E-state index contributed by atoms with van der Waals surface area (Å²) in [5.41, 5.74) is 0.184. The van der Waals surface area contributed by atoms with Crippen LogP contribution in [0.3, 0.4) is 0 Å². The Morgan fingerprint density at radius 2 is 2.11 bits per heavy atom. The van der Waals surface area contributed by atoms with Crippen LogP contribution in [0.5, 0.6) is 0 Å². The third-order valence-electron chi connectivity index (χ3n) is 2.46. The highest BCUT2D eigenvalue weighted by Gasteiger charge is 2.26. The molecule has 8 heteroatoms. The summed E-state index contributed by atoms with van der Waals surface area (Å²) in [7, 11) is -3.96. The molecule has 1 rings (SSSR count). The van der Waals surface area contributed by atoms with Crippen molar-refractivity contribution in [2.75, 3.05) is 6.54 Å². The van der Waals surface area contributed by atoms with Crippen LogP contribution in [-0.2, 0) is 16.4 Å². The number of aryl methyl sites for hydroxylation is 1. The molecule has 1 heterocycles. The molecule has 0 aromatic carbocycles. The van der Waals surface area contributed by atoms with E-state index in [1.54, 1.807) is 6.92 Å². The lowest BCUT2D eigenvalue weighted by molar-refractivity contribution is 0.0945. The van der Waals surface area contributed by atoms with Crippen molar-refractivity contribution in [3.8, 4) is 0 Å². The van der Waals surface area contributed by atoms with Crippen molar-refractivity contribution in [2.45, 2.75) is 38.0 Å². The standard InChI is InChI=1S/C10H18N4O3S/c1-3-5-6-12-10(15)8-9(18(11,16)17)7(4-2)13-14-8/h3-6H2,1-2H3,(H,12,15)(H,13,14)(H2,11,16,17). The number of H-pyrrole nitrogens is 1. The highest BCUT2D eigenvalue weighted by atomic mass is 32.2. The van der Waals surface area contributed by atoms with Crippen molar-refractivity contribution in [3.05, 3.63) is 11.4 Å². The number of aromatic amines is 1. The first kappa shape index (κ1) is 14.7. The van der Waals surface area contributed by atoms with Gasteiger partial charge in [0.15, 0.2) is 5.69 Å². The Kier molecular flexibility index (Phi) is 4.85. The molecule has 0 saturated heterocycles. The highest BCUT2D eigenvalue weighted by molar-refractivity contribution is 7.89. The predicted octanol–water partition coefficient (Wildman–Crippen LogP) is 0.149. The summed E-state index contributed by atoms with van der Waals surface area (Å²) in [4.78, 5) is 11.6. The fourth-order valence-corrected chi connectivity index (χ4v) is 2.47. The lowest BCUT2D eigenvalue weighted by atomic mass is 10.3. The molecule has 0 bridgehead atoms. The third-order valence-corrected chi connectivity index (χ3v) is 3.47. The topological polar surface area (TPSA) is 118 Å². The van der Waals surface area contributed by atoms with Gasteiger partial charge in [0, 0.05) is 6.54 Å². The summed E-state index contributed by atoms with van der Waals surface area (Å²) in [5.74, 6) is -0.525. The number of unbranched alkanes of at least 4 members (excludes halogenated alkanes) is 1. The zero-order valence-electron chi connectivity index (χ0n) is 10.5. The van der Waals surface area contributed by atoms with E-state index in [2.05, 4.69) is 15.5 Å². The SMILES string of the molecule is CCCCNC(=O)c1n[nH]c(CC)c1S(N)(=O)=O. The minimum Gasteiger partial charge on any atom is -0.351 e. The van der Waals surface area contributed by atoms with Gasteiger partial charge in [-0.2, -0.15) is 5.10 Å². The molecule has 1 aromatic rings. The molecule has 0 spiro atoms. The van der Waals surface area contributed by atoms with Crippen LogP contribution >= 0.6 is 0 Å². The predicted molar refractivity (Wildman–Crippen MR) is 66.6 cm³/mol. The lowest BCUT2D eigenvalue weighted by Gasteiger charge is -2.04. The summed E-state index contributed by atoms with van der Waals surface area (Å²) in [5, 5.41) is 14.0. The fourth-order valence-electron chi connectivity index (χ4n) is 1.53. The number of carbonyl (C=O) groups excluding carboxylic acids is 1. The Morgan fingerprint density at radius 1 is 1.44 bits per heavy atom. The zero-order valence-corrected chi connectivity index (χ0v) is 11.3. The molecule has 0 unspecified atom stereocenters. The lowest BCUT2D eigenvalue weighted by Crippen LogP contribution is -2.27. The largest absolute Gasteiger partial charge is 0.351 e. The molecule has 18 heavy (non-hydrogen) atoms. The van der Waals surface area contributed by atoms with E-state index in [1.165, 1.54) is 0 Å². The molecular weight excluding hydrogens is 256 g/mol. The van der Waals surface area contributed by atoms with Crippen LogP contribution in [0.1, 0.15) is 42.9 Å². The Labute approximate surface area is 106 Å². The van der Waals surface area contributed by atoms with E-state index in [1.807, 2.05) is 6.92 Å². The van der Waals surface area contributed by atoms with Crippen molar-refractivity contribution < 1.29 is 13.2 Å². The quantitative estimate of drug-likeness (QED) is 0.640. The minimum atomic E-state index is -3.96. The summed E-state index contributed by atoms with van der Waals surface area (Å²) in [6, 6.07) is 0. The Morgan fingerprint density at radius 3 is 2.61 bits per heavy atom. The van der Waals surface area contributed by atoms with Gasteiger partial charge in [0.2, 0.25) is 10.0 Å². The van der Waals surface area contributed by atoms with Crippen LogP contribution < -0.4 is 10.5 Å². The van der Waals surface area contributed by atoms with Gasteiger partial charge in [0.05, 0.1) is 5.69 Å². The molecule has 1 aromatic heterocycles. The van der Waals surface area contributed by atoms with Crippen molar-refractivity contribution in [3.63, 3.8) is 0 Å². The molecule has 0 aliphatic heterocycles. The van der Waals surface area contributed by atoms with Crippen LogP contribution in [0.25, 0.3) is 0 Å². The van der Waals surface area contributed by atoms with Gasteiger partial charge in [-0.3, -0.25) is 9.89 Å². The van der Waals surface area contributed by atoms with Gasteiger partial charge in [-0.1, -0.05) is 20.3 Å². The number of amides is 1. The minimum absolute atomic E-state index is 0.162. The van der Waals surface area contributed by atoms with Crippen LogP contribution in [0.2, 0.25) is 0 Å². The van der Waals surface area contributed by atoms with E-state index >= 15 is 0 Å². The fraction of sp³-hybridized carbons (Fsp3) is 0.600. The molecule has 0 fully saturated rings. The van der Waals surface area contributed by atoms with E-state index < -0.39 is 15.9 Å². The van der Waals surface area contributed by atoms with E-state index in [9.17, 15) is 13.2 Å². The average Bonchev–Trinajstić information content (AvgIpc) is 2.72. The number of nitrogens with two attached hydrogens (primary N) is 1. The molecule has 0 atom stereocenters. The van der Waals surface area contributed by atoms with Crippen LogP contribution in [0.15, 0.2) is 4.90 Å². The van der Waals surface area contributed by atoms with E-state index in [0.29, 0.717) is 18.7 Å². The number of rotatable bonds is 6. The first-order chi connectivity index (χ1) is 8.41. The number of carbonyl (C=O) groups is 1. The van der Waals surface area contributed by atoms with Gasteiger partial charge in [-0.05, 0) is 12.8 Å². The smallest absolute Gasteiger partial charge is 0.273 e. The number of aromatic nitrogens is 2. The van der Waals surface area contributed by atoms with E-state index in [-0.39, 0.29) is 10.6 Å². The summed E-state index contributed by atoms with van der Waals surface area (Å²) in [6.45, 7) is 4.22. The molecule has 0 saturated carbocycles. The molecule has 7 nitrogen and oxygen atoms in total. The maximum atomic E-state index is 11.8. The van der Waals surface area contributed by atoms with E-state index in [0.717, 1.165) is 12.8 Å². The number of hydrogen-bond donors (Lipinski definition) is 3. The molecule has 0 aliphatic rings. The number of sulfonamides is 1. The van der Waals surface area contributed by atoms with Crippen LogP contribution in [0, 0.1) is 0 Å². The van der Waals surface area contributed by atoms with Gasteiger partial charge < -0.3 is 5.32 Å². The normalized spacial score (nSPS) is 11.5.